The Labute approximate surface area is 254 Å². The minimum Gasteiger partial charge on any atom is -0.449 e. The van der Waals surface area contributed by atoms with Crippen LogP contribution in [0.25, 0.3) is 22.0 Å². The van der Waals surface area contributed by atoms with E-state index in [0.717, 1.165) is 38.7 Å². The number of aliphatic hydroxyl groups is 1. The molecule has 1 saturated heterocycles. The molecule has 0 bridgehead atoms. The number of nitrogens with zero attached hydrogens (tertiary/aromatic N) is 1. The Morgan fingerprint density at radius 3 is 2.36 bits per heavy atom. The molecular formula is C34H34N4O6. The van der Waals surface area contributed by atoms with Crippen LogP contribution in [0.4, 0.5) is 4.79 Å². The maximum Gasteiger partial charge on any atom is 0.407 e. The quantitative estimate of drug-likeness (QED) is 0.208. The van der Waals surface area contributed by atoms with Gasteiger partial charge in [0.05, 0.1) is 6.61 Å². The first-order valence-electron chi connectivity index (χ1n) is 14.9. The highest BCUT2D eigenvalue weighted by Gasteiger charge is 2.39. The summed E-state index contributed by atoms with van der Waals surface area (Å²) in [6.45, 7) is -0.166. The third-order valence-electron chi connectivity index (χ3n) is 8.53. The fourth-order valence-corrected chi connectivity index (χ4v) is 6.33. The average Bonchev–Trinajstić information content (AvgIpc) is 3.78. The van der Waals surface area contributed by atoms with Gasteiger partial charge in [0.25, 0.3) is 5.91 Å². The van der Waals surface area contributed by atoms with Crippen molar-refractivity contribution in [3.05, 3.63) is 95.7 Å². The number of rotatable bonds is 10. The van der Waals surface area contributed by atoms with Gasteiger partial charge in [0.15, 0.2) is 0 Å². The number of hydrogen-bond donors (Lipinski definition) is 4. The lowest BCUT2D eigenvalue weighted by Gasteiger charge is -2.25. The number of carbonyl (C=O) groups excluding carboxylic acids is 4. The number of likely N-dealkylation sites (tertiary alicyclic amines) is 1. The molecule has 6 rings (SSSR count). The van der Waals surface area contributed by atoms with Gasteiger partial charge in [-0.2, -0.15) is 0 Å². The highest BCUT2D eigenvalue weighted by Crippen LogP contribution is 2.44. The van der Waals surface area contributed by atoms with Gasteiger partial charge in [-0.05, 0) is 53.1 Å². The van der Waals surface area contributed by atoms with E-state index in [1.807, 2.05) is 79.0 Å². The molecule has 0 saturated carbocycles. The van der Waals surface area contributed by atoms with Crippen molar-refractivity contribution in [3.8, 4) is 11.1 Å². The van der Waals surface area contributed by atoms with Crippen molar-refractivity contribution >= 4 is 34.6 Å². The number of carbonyl (C=O) groups is 4. The van der Waals surface area contributed by atoms with Crippen LogP contribution in [-0.2, 0) is 25.5 Å². The van der Waals surface area contributed by atoms with Gasteiger partial charge in [-0.3, -0.25) is 14.4 Å². The number of alkyl carbamates (subject to hydrolysis) is 1. The lowest BCUT2D eigenvalue weighted by molar-refractivity contribution is -0.148. The Morgan fingerprint density at radius 1 is 0.955 bits per heavy atom. The fraction of sp³-hybridized carbons (Fsp3) is 0.294. The molecule has 3 amide bonds. The summed E-state index contributed by atoms with van der Waals surface area (Å²) in [5.74, 6) is -2.44. The molecule has 2 atom stereocenters. The van der Waals surface area contributed by atoms with Crippen molar-refractivity contribution in [2.45, 2.75) is 37.3 Å². The maximum atomic E-state index is 13.2. The SMILES string of the molecule is O=C(N[C@@H](CO)C(=O)C(=O)N1CCC[C@H]1C(=O)NCCc1c[nH]c2ccccc12)OCC1c2ccccc2-c2ccccc21. The summed E-state index contributed by atoms with van der Waals surface area (Å²) < 4.78 is 5.48. The highest BCUT2D eigenvalue weighted by molar-refractivity contribution is 6.38. The summed E-state index contributed by atoms with van der Waals surface area (Å²) in [5, 5.41) is 16.2. The van der Waals surface area contributed by atoms with Gasteiger partial charge in [0.1, 0.15) is 18.7 Å². The number of fused-ring (bicyclic) bond motifs is 4. The first-order chi connectivity index (χ1) is 21.5. The molecule has 10 heteroatoms. The normalized spacial score (nSPS) is 16.3. The van der Waals surface area contributed by atoms with Crippen LogP contribution in [0, 0.1) is 0 Å². The molecule has 2 heterocycles. The zero-order valence-corrected chi connectivity index (χ0v) is 24.1. The number of aromatic nitrogens is 1. The van der Waals surface area contributed by atoms with E-state index >= 15 is 0 Å². The summed E-state index contributed by atoms with van der Waals surface area (Å²) in [6, 6.07) is 21.4. The van der Waals surface area contributed by atoms with Crippen LogP contribution in [0.15, 0.2) is 79.0 Å². The second kappa shape index (κ2) is 12.7. The Balaban J connectivity index is 1.02. The van der Waals surface area contributed by atoms with E-state index in [-0.39, 0.29) is 25.0 Å². The Bertz CT molecular complexity index is 1670. The second-order valence-corrected chi connectivity index (χ2v) is 11.1. The Hall–Kier alpha value is -4.96. The molecular weight excluding hydrogens is 560 g/mol. The predicted molar refractivity (Wildman–Crippen MR) is 164 cm³/mol. The minimum atomic E-state index is -1.50. The second-order valence-electron chi connectivity index (χ2n) is 11.1. The number of amides is 3. The predicted octanol–water partition coefficient (Wildman–Crippen LogP) is 3.29. The number of nitrogens with one attached hydrogen (secondary N) is 3. The van der Waals surface area contributed by atoms with Crippen LogP contribution < -0.4 is 10.6 Å². The smallest absolute Gasteiger partial charge is 0.407 e. The van der Waals surface area contributed by atoms with Crippen molar-refractivity contribution < 1.29 is 29.0 Å². The third kappa shape index (κ3) is 5.68. The number of Topliss-reactive ketones (excluding diaryl/α,β-unsaturated/α-hetero) is 1. The number of hydrogen-bond acceptors (Lipinski definition) is 6. The number of para-hydroxylation sites is 1. The van der Waals surface area contributed by atoms with Crippen molar-refractivity contribution in [1.29, 1.82) is 0 Å². The lowest BCUT2D eigenvalue weighted by Crippen LogP contribution is -2.54. The molecule has 1 aromatic heterocycles. The summed E-state index contributed by atoms with van der Waals surface area (Å²) >= 11 is 0. The van der Waals surface area contributed by atoms with Crippen molar-refractivity contribution in [1.82, 2.24) is 20.5 Å². The molecule has 44 heavy (non-hydrogen) atoms. The van der Waals surface area contributed by atoms with Crippen molar-refractivity contribution in [2.75, 3.05) is 26.3 Å². The summed E-state index contributed by atoms with van der Waals surface area (Å²) in [7, 11) is 0. The van der Waals surface area contributed by atoms with Crippen LogP contribution in [0.2, 0.25) is 0 Å². The summed E-state index contributed by atoms with van der Waals surface area (Å²) in [5.41, 5.74) is 6.31. The molecule has 1 aliphatic carbocycles. The Kier molecular flexibility index (Phi) is 8.42. The number of ketones is 1. The van der Waals surface area contributed by atoms with Gasteiger partial charge in [0.2, 0.25) is 11.7 Å². The molecule has 226 valence electrons. The highest BCUT2D eigenvalue weighted by atomic mass is 16.5. The van der Waals surface area contributed by atoms with E-state index in [9.17, 15) is 24.3 Å². The minimum absolute atomic E-state index is 0.0209. The Morgan fingerprint density at radius 2 is 1.64 bits per heavy atom. The third-order valence-corrected chi connectivity index (χ3v) is 8.53. The van der Waals surface area contributed by atoms with Gasteiger partial charge < -0.3 is 30.4 Å². The largest absolute Gasteiger partial charge is 0.449 e. The van der Waals surface area contributed by atoms with Gasteiger partial charge in [-0.15, -0.1) is 0 Å². The number of aromatic amines is 1. The van der Waals surface area contributed by atoms with E-state index in [4.69, 9.17) is 4.74 Å². The molecule has 1 fully saturated rings. The van der Waals surface area contributed by atoms with Crippen molar-refractivity contribution in [2.24, 2.45) is 0 Å². The van der Waals surface area contributed by atoms with Crippen LogP contribution in [0.3, 0.4) is 0 Å². The van der Waals surface area contributed by atoms with E-state index in [1.165, 1.54) is 4.90 Å². The van der Waals surface area contributed by atoms with E-state index in [1.54, 1.807) is 0 Å². The molecule has 0 unspecified atom stereocenters. The van der Waals surface area contributed by atoms with Gasteiger partial charge in [-0.1, -0.05) is 66.7 Å². The van der Waals surface area contributed by atoms with E-state index in [0.29, 0.717) is 25.8 Å². The standard InChI is InChI=1S/C34H34N4O6/c39-19-29(37-34(43)44-20-27-25-11-3-1-9-23(25)24-10-2-4-12-26(24)27)31(40)33(42)38-17-7-14-30(38)32(41)35-16-15-21-18-36-28-13-6-5-8-22(21)28/h1-6,8-13,18,27,29-30,36,39H,7,14-17,19-20H2,(H,35,41)(H,37,43)/t29-,30-/m0/s1. The first-order valence-corrected chi connectivity index (χ1v) is 14.9. The molecule has 3 aromatic carbocycles. The number of ether oxygens (including phenoxy) is 1. The number of aliphatic hydroxyl groups excluding tert-OH is 1. The maximum absolute atomic E-state index is 13.2. The molecule has 0 radical (unpaired) electrons. The molecule has 2 aliphatic rings. The van der Waals surface area contributed by atoms with E-state index < -0.39 is 36.5 Å². The molecule has 0 spiro atoms. The molecule has 1 aliphatic heterocycles. The number of benzene rings is 3. The van der Waals surface area contributed by atoms with Crippen LogP contribution in [0.5, 0.6) is 0 Å². The van der Waals surface area contributed by atoms with Gasteiger partial charge in [-0.25, -0.2) is 4.79 Å². The summed E-state index contributed by atoms with van der Waals surface area (Å²) in [6.07, 6.45) is 2.58. The first kappa shape index (κ1) is 29.1. The van der Waals surface area contributed by atoms with Crippen LogP contribution in [0.1, 0.15) is 35.4 Å². The van der Waals surface area contributed by atoms with Crippen molar-refractivity contribution in [3.63, 3.8) is 0 Å². The zero-order chi connectivity index (χ0) is 30.6. The molecule has 4 aromatic rings. The molecule has 10 nitrogen and oxygen atoms in total. The monoisotopic (exact) mass is 594 g/mol. The summed E-state index contributed by atoms with van der Waals surface area (Å²) in [4.78, 5) is 56.4. The van der Waals surface area contributed by atoms with Gasteiger partial charge in [0, 0.05) is 36.1 Å². The topological polar surface area (TPSA) is 141 Å². The van der Waals surface area contributed by atoms with Gasteiger partial charge >= 0.3 is 6.09 Å². The van der Waals surface area contributed by atoms with Crippen LogP contribution >= 0.6 is 0 Å². The fourth-order valence-electron chi connectivity index (χ4n) is 6.33. The molecule has 4 N–H and O–H groups in total. The van der Waals surface area contributed by atoms with E-state index in [2.05, 4.69) is 15.6 Å². The lowest BCUT2D eigenvalue weighted by atomic mass is 9.98. The van der Waals surface area contributed by atoms with Crippen LogP contribution in [-0.4, -0.2) is 77.1 Å². The average molecular weight is 595 g/mol. The zero-order valence-electron chi connectivity index (χ0n) is 24.1. The number of H-pyrrole nitrogens is 1.